The zero-order valence-electron chi connectivity index (χ0n) is 24.1. The molecule has 0 radical (unpaired) electrons. The minimum absolute atomic E-state index is 0.00563. The Morgan fingerprint density at radius 1 is 1.00 bits per heavy atom. The zero-order valence-corrected chi connectivity index (χ0v) is 24.1. The number of aromatic nitrogens is 1. The van der Waals surface area contributed by atoms with Gasteiger partial charge in [0.05, 0.1) is 6.61 Å². The Morgan fingerprint density at radius 2 is 1.73 bits per heavy atom. The third-order valence-electron chi connectivity index (χ3n) is 5.98. The van der Waals surface area contributed by atoms with Crippen LogP contribution in [0.1, 0.15) is 51.3 Å². The van der Waals surface area contributed by atoms with Gasteiger partial charge in [-0.15, -0.1) is 0 Å². The van der Waals surface area contributed by atoms with Gasteiger partial charge in [-0.3, -0.25) is 14.4 Å². The lowest BCUT2D eigenvalue weighted by Gasteiger charge is -2.18. The van der Waals surface area contributed by atoms with Crippen LogP contribution in [0.15, 0.2) is 59.4 Å². The van der Waals surface area contributed by atoms with Crippen LogP contribution in [0.25, 0.3) is 0 Å². The molecule has 1 atom stereocenters. The molecule has 1 aromatic carbocycles. The molecule has 2 aromatic rings. The number of nitrogens with zero attached hydrogens (tertiary/aromatic N) is 1. The van der Waals surface area contributed by atoms with Crippen LogP contribution < -0.4 is 21.5 Å². The van der Waals surface area contributed by atoms with Crippen LogP contribution in [0, 0.1) is 12.8 Å². The average Bonchev–Trinajstić information content (AvgIpc) is 2.93. The number of esters is 1. The maximum absolute atomic E-state index is 13.2. The van der Waals surface area contributed by atoms with Crippen molar-refractivity contribution in [2.45, 2.75) is 66.2 Å². The molecule has 1 unspecified atom stereocenters. The maximum atomic E-state index is 13.2. The molecule has 0 spiro atoms. The van der Waals surface area contributed by atoms with E-state index in [9.17, 15) is 24.0 Å². The van der Waals surface area contributed by atoms with E-state index in [1.807, 2.05) is 18.2 Å². The standard InChI is InChI=1S/C30H40N4O7/c1-5-40-27(36)14-10-9-13-24(33-30(39)41-20-23-11-7-6-8-12-23)28(37)32-25-16-15-22(4)34(29(25)38)19-26(35)31-18-17-21(2)3/h6-8,10-12,14-16,21,24H,5,9,13,17-20H2,1-4H3,(H,31,35)(H,32,37)(H,33,39)/b14-10+. The number of hydrogen-bond acceptors (Lipinski definition) is 7. The van der Waals surface area contributed by atoms with Crippen molar-refractivity contribution in [3.8, 4) is 0 Å². The number of hydrogen-bond donors (Lipinski definition) is 3. The van der Waals surface area contributed by atoms with Gasteiger partial charge in [0.15, 0.2) is 0 Å². The lowest BCUT2D eigenvalue weighted by Crippen LogP contribution is -2.45. The van der Waals surface area contributed by atoms with E-state index >= 15 is 0 Å². The quantitative estimate of drug-likeness (QED) is 0.220. The summed E-state index contributed by atoms with van der Waals surface area (Å²) in [7, 11) is 0. The molecule has 222 valence electrons. The minimum atomic E-state index is -1.08. The summed E-state index contributed by atoms with van der Waals surface area (Å²) in [5, 5.41) is 7.90. The van der Waals surface area contributed by atoms with Crippen molar-refractivity contribution in [3.05, 3.63) is 76.2 Å². The summed E-state index contributed by atoms with van der Waals surface area (Å²) in [6.45, 7) is 8.02. The molecular formula is C30H40N4O7. The van der Waals surface area contributed by atoms with E-state index < -0.39 is 29.6 Å². The van der Waals surface area contributed by atoms with Gasteiger partial charge in [-0.25, -0.2) is 9.59 Å². The van der Waals surface area contributed by atoms with Gasteiger partial charge in [-0.1, -0.05) is 50.3 Å². The molecule has 0 aliphatic heterocycles. The summed E-state index contributed by atoms with van der Waals surface area (Å²) >= 11 is 0. The van der Waals surface area contributed by atoms with Gasteiger partial charge in [-0.05, 0) is 56.7 Å². The molecule has 3 N–H and O–H groups in total. The van der Waals surface area contributed by atoms with E-state index in [4.69, 9.17) is 9.47 Å². The number of aryl methyl sites for hydroxylation is 1. The van der Waals surface area contributed by atoms with Crippen LogP contribution in [-0.4, -0.2) is 47.6 Å². The smallest absolute Gasteiger partial charge is 0.408 e. The summed E-state index contributed by atoms with van der Waals surface area (Å²) in [6.07, 6.45) is 3.14. The van der Waals surface area contributed by atoms with Gasteiger partial charge in [-0.2, -0.15) is 0 Å². The van der Waals surface area contributed by atoms with Crippen molar-refractivity contribution in [2.75, 3.05) is 18.5 Å². The molecule has 3 amide bonds. The van der Waals surface area contributed by atoms with E-state index in [2.05, 4.69) is 29.8 Å². The van der Waals surface area contributed by atoms with Gasteiger partial charge in [0.1, 0.15) is 24.9 Å². The molecule has 0 saturated carbocycles. The van der Waals surface area contributed by atoms with Gasteiger partial charge in [0.25, 0.3) is 5.56 Å². The first-order valence-electron chi connectivity index (χ1n) is 13.7. The minimum Gasteiger partial charge on any atom is -0.463 e. The monoisotopic (exact) mass is 568 g/mol. The van der Waals surface area contributed by atoms with Gasteiger partial charge >= 0.3 is 12.1 Å². The van der Waals surface area contributed by atoms with Crippen molar-refractivity contribution >= 4 is 29.6 Å². The maximum Gasteiger partial charge on any atom is 0.408 e. The van der Waals surface area contributed by atoms with E-state index in [1.165, 1.54) is 22.8 Å². The third kappa shape index (κ3) is 12.1. The highest BCUT2D eigenvalue weighted by Gasteiger charge is 2.23. The SMILES string of the molecule is CCOC(=O)/C=C/CCC(NC(=O)OCc1ccccc1)C(=O)Nc1ccc(C)n(CC(=O)NCCC(C)C)c1=O. The molecular weight excluding hydrogens is 528 g/mol. The average molecular weight is 569 g/mol. The zero-order chi connectivity index (χ0) is 30.2. The Labute approximate surface area is 240 Å². The molecule has 1 aromatic heterocycles. The van der Waals surface area contributed by atoms with Crippen LogP contribution >= 0.6 is 0 Å². The highest BCUT2D eigenvalue weighted by Crippen LogP contribution is 2.08. The van der Waals surface area contributed by atoms with E-state index in [0.29, 0.717) is 18.2 Å². The molecule has 41 heavy (non-hydrogen) atoms. The number of alkyl carbamates (subject to hydrolysis) is 1. The largest absolute Gasteiger partial charge is 0.463 e. The summed E-state index contributed by atoms with van der Waals surface area (Å²) in [5.41, 5.74) is 0.733. The lowest BCUT2D eigenvalue weighted by molar-refractivity contribution is -0.137. The first kappa shape index (κ1) is 32.8. The fourth-order valence-electron chi connectivity index (χ4n) is 3.69. The second-order valence-electron chi connectivity index (χ2n) is 9.79. The Balaban J connectivity index is 2.12. The van der Waals surface area contributed by atoms with Crippen LogP contribution in [0.2, 0.25) is 0 Å². The number of ether oxygens (including phenoxy) is 2. The van der Waals surface area contributed by atoms with Crippen molar-refractivity contribution in [3.63, 3.8) is 0 Å². The van der Waals surface area contributed by atoms with Crippen molar-refractivity contribution in [1.29, 1.82) is 0 Å². The lowest BCUT2D eigenvalue weighted by atomic mass is 10.1. The molecule has 11 heteroatoms. The Bertz CT molecular complexity index is 1260. The van der Waals surface area contributed by atoms with E-state index in [0.717, 1.165) is 12.0 Å². The molecule has 1 heterocycles. The van der Waals surface area contributed by atoms with Gasteiger partial charge in [0.2, 0.25) is 11.8 Å². The number of nitrogens with one attached hydrogen (secondary N) is 3. The molecule has 0 aliphatic rings. The highest BCUT2D eigenvalue weighted by atomic mass is 16.5. The van der Waals surface area contributed by atoms with E-state index in [-0.39, 0.29) is 44.2 Å². The molecule has 0 fully saturated rings. The first-order valence-corrected chi connectivity index (χ1v) is 13.7. The summed E-state index contributed by atoms with van der Waals surface area (Å²) in [4.78, 5) is 62.8. The summed E-state index contributed by atoms with van der Waals surface area (Å²) in [5.74, 6) is -1.05. The van der Waals surface area contributed by atoms with Crippen LogP contribution in [0.4, 0.5) is 10.5 Å². The Kier molecular flexibility index (Phi) is 13.9. The Hall–Kier alpha value is -4.41. The first-order chi connectivity index (χ1) is 19.6. The molecule has 2 rings (SSSR count). The fourth-order valence-corrected chi connectivity index (χ4v) is 3.69. The van der Waals surface area contributed by atoms with E-state index in [1.54, 1.807) is 32.0 Å². The fraction of sp³-hybridized carbons (Fsp3) is 0.433. The predicted molar refractivity (Wildman–Crippen MR) is 155 cm³/mol. The predicted octanol–water partition coefficient (Wildman–Crippen LogP) is 3.45. The third-order valence-corrected chi connectivity index (χ3v) is 5.98. The normalized spacial score (nSPS) is 11.6. The van der Waals surface area contributed by atoms with Crippen LogP contribution in [-0.2, 0) is 37.0 Å². The van der Waals surface area contributed by atoms with Crippen molar-refractivity contribution in [2.24, 2.45) is 5.92 Å². The molecule has 11 nitrogen and oxygen atoms in total. The second-order valence-corrected chi connectivity index (χ2v) is 9.79. The number of allylic oxidation sites excluding steroid dienone is 1. The Morgan fingerprint density at radius 3 is 2.41 bits per heavy atom. The van der Waals surface area contributed by atoms with Crippen LogP contribution in [0.3, 0.4) is 0 Å². The molecule has 0 saturated heterocycles. The number of amides is 3. The number of carbonyl (C=O) groups excluding carboxylic acids is 4. The topological polar surface area (TPSA) is 145 Å². The summed E-state index contributed by atoms with van der Waals surface area (Å²) < 4.78 is 11.4. The number of rotatable bonds is 15. The van der Waals surface area contributed by atoms with Gasteiger partial charge < -0.3 is 30.0 Å². The van der Waals surface area contributed by atoms with Gasteiger partial charge in [0, 0.05) is 18.3 Å². The summed E-state index contributed by atoms with van der Waals surface area (Å²) in [6, 6.07) is 11.0. The van der Waals surface area contributed by atoms with Crippen LogP contribution in [0.5, 0.6) is 0 Å². The highest BCUT2D eigenvalue weighted by molar-refractivity contribution is 5.96. The molecule has 0 bridgehead atoms. The van der Waals surface area contributed by atoms with Crippen molar-refractivity contribution < 1.29 is 28.7 Å². The number of benzene rings is 1. The number of carbonyl (C=O) groups is 4. The second kappa shape index (κ2) is 17.3. The van der Waals surface area contributed by atoms with Crippen molar-refractivity contribution in [1.82, 2.24) is 15.2 Å². The number of pyridine rings is 1. The number of anilines is 1. The molecule has 0 aliphatic carbocycles.